The van der Waals surface area contributed by atoms with Gasteiger partial charge in [0.05, 0.1) is 13.7 Å². The zero-order valence-electron chi connectivity index (χ0n) is 12.0. The number of hydrogen-bond donors (Lipinski definition) is 1. The third kappa shape index (κ3) is 4.25. The third-order valence-corrected chi connectivity index (χ3v) is 3.91. The third-order valence-electron chi connectivity index (χ3n) is 2.97. The van der Waals surface area contributed by atoms with Gasteiger partial charge in [0.15, 0.2) is 11.5 Å². The maximum Gasteiger partial charge on any atom is 0.161 e. The Morgan fingerprint density at radius 1 is 1.25 bits per heavy atom. The molecule has 1 heterocycles. The van der Waals surface area contributed by atoms with Crippen LogP contribution in [-0.4, -0.2) is 19.8 Å². The fourth-order valence-corrected chi connectivity index (χ4v) is 2.74. The van der Waals surface area contributed by atoms with Crippen molar-refractivity contribution in [1.82, 2.24) is 0 Å². The summed E-state index contributed by atoms with van der Waals surface area (Å²) in [4.78, 5) is 1.33. The van der Waals surface area contributed by atoms with Crippen LogP contribution in [-0.2, 0) is 12.8 Å². The number of nitrogens with two attached hydrogens (primary N) is 1. The van der Waals surface area contributed by atoms with Crippen molar-refractivity contribution >= 4 is 11.3 Å². The topological polar surface area (TPSA) is 44.5 Å². The second-order valence-corrected chi connectivity index (χ2v) is 5.88. The van der Waals surface area contributed by atoms with Gasteiger partial charge in [-0.3, -0.25) is 0 Å². The molecule has 1 aromatic carbocycles. The molecule has 0 radical (unpaired) electrons. The molecule has 0 saturated carbocycles. The molecule has 0 bridgehead atoms. The Bertz CT molecular complexity index is 523. The second-order valence-electron chi connectivity index (χ2n) is 4.84. The standard InChI is InChI=1S/C16H21NO2S/c1-12(17)10-13-5-6-15(18-2)16(11-13)19-8-7-14-4-3-9-20-14/h3-6,9,11-12H,7-8,10,17H2,1-2H3. The maximum atomic E-state index is 5.86. The average molecular weight is 291 g/mol. The van der Waals surface area contributed by atoms with Gasteiger partial charge < -0.3 is 15.2 Å². The highest BCUT2D eigenvalue weighted by atomic mass is 32.1. The van der Waals surface area contributed by atoms with E-state index in [2.05, 4.69) is 17.5 Å². The number of hydrogen-bond acceptors (Lipinski definition) is 4. The summed E-state index contributed by atoms with van der Waals surface area (Å²) in [6, 6.07) is 10.3. The molecule has 1 atom stereocenters. The molecular weight excluding hydrogens is 270 g/mol. The first kappa shape index (κ1) is 14.9. The average Bonchev–Trinajstić information content (AvgIpc) is 2.91. The van der Waals surface area contributed by atoms with Crippen LogP contribution in [0.3, 0.4) is 0 Å². The summed E-state index contributed by atoms with van der Waals surface area (Å²) in [6.07, 6.45) is 1.75. The largest absolute Gasteiger partial charge is 0.493 e. The lowest BCUT2D eigenvalue weighted by molar-refractivity contribution is 0.298. The molecule has 1 aromatic heterocycles. The Kier molecular flexibility index (Phi) is 5.44. The predicted octanol–water partition coefficient (Wildman–Crippen LogP) is 3.27. The van der Waals surface area contributed by atoms with Crippen molar-refractivity contribution in [2.45, 2.75) is 25.8 Å². The van der Waals surface area contributed by atoms with E-state index in [-0.39, 0.29) is 6.04 Å². The van der Waals surface area contributed by atoms with Crippen molar-refractivity contribution in [3.63, 3.8) is 0 Å². The fraction of sp³-hybridized carbons (Fsp3) is 0.375. The molecular formula is C16H21NO2S. The van der Waals surface area contributed by atoms with E-state index in [4.69, 9.17) is 15.2 Å². The molecule has 0 aliphatic heterocycles. The van der Waals surface area contributed by atoms with Gasteiger partial charge in [-0.2, -0.15) is 0 Å². The van der Waals surface area contributed by atoms with Crippen molar-refractivity contribution in [1.29, 1.82) is 0 Å². The quantitative estimate of drug-likeness (QED) is 0.851. The first-order chi connectivity index (χ1) is 9.69. The molecule has 0 aliphatic rings. The number of ether oxygens (including phenoxy) is 2. The zero-order valence-corrected chi connectivity index (χ0v) is 12.8. The van der Waals surface area contributed by atoms with E-state index in [1.807, 2.05) is 25.1 Å². The van der Waals surface area contributed by atoms with E-state index in [0.29, 0.717) is 6.61 Å². The summed E-state index contributed by atoms with van der Waals surface area (Å²) in [7, 11) is 1.66. The van der Waals surface area contributed by atoms with Crippen LogP contribution in [0.4, 0.5) is 0 Å². The molecule has 1 unspecified atom stereocenters. The number of rotatable bonds is 7. The van der Waals surface area contributed by atoms with E-state index in [9.17, 15) is 0 Å². The second kappa shape index (κ2) is 7.31. The summed E-state index contributed by atoms with van der Waals surface area (Å²) in [5.41, 5.74) is 7.01. The van der Waals surface area contributed by atoms with Crippen molar-refractivity contribution < 1.29 is 9.47 Å². The van der Waals surface area contributed by atoms with Gasteiger partial charge in [0.25, 0.3) is 0 Å². The Hall–Kier alpha value is -1.52. The Labute approximate surface area is 124 Å². The molecule has 2 N–H and O–H groups in total. The van der Waals surface area contributed by atoms with Crippen LogP contribution >= 0.6 is 11.3 Å². The summed E-state index contributed by atoms with van der Waals surface area (Å²) in [5, 5.41) is 2.08. The molecule has 0 spiro atoms. The van der Waals surface area contributed by atoms with Crippen molar-refractivity contribution in [2.24, 2.45) is 5.73 Å². The molecule has 0 fully saturated rings. The highest BCUT2D eigenvalue weighted by Gasteiger charge is 2.07. The Balaban J connectivity index is 2.00. The smallest absolute Gasteiger partial charge is 0.161 e. The monoisotopic (exact) mass is 291 g/mol. The molecule has 108 valence electrons. The minimum atomic E-state index is 0.141. The molecule has 20 heavy (non-hydrogen) atoms. The van der Waals surface area contributed by atoms with E-state index < -0.39 is 0 Å². The predicted molar refractivity (Wildman–Crippen MR) is 83.9 cm³/mol. The lowest BCUT2D eigenvalue weighted by Gasteiger charge is -2.13. The van der Waals surface area contributed by atoms with Gasteiger partial charge in [0, 0.05) is 17.3 Å². The van der Waals surface area contributed by atoms with E-state index in [1.165, 1.54) is 10.4 Å². The van der Waals surface area contributed by atoms with Crippen LogP contribution in [0, 0.1) is 0 Å². The van der Waals surface area contributed by atoms with Crippen molar-refractivity contribution in [3.8, 4) is 11.5 Å². The highest BCUT2D eigenvalue weighted by Crippen LogP contribution is 2.28. The minimum absolute atomic E-state index is 0.141. The van der Waals surface area contributed by atoms with E-state index in [0.717, 1.165) is 24.3 Å². The van der Waals surface area contributed by atoms with Gasteiger partial charge in [-0.05, 0) is 42.5 Å². The van der Waals surface area contributed by atoms with Crippen molar-refractivity contribution in [2.75, 3.05) is 13.7 Å². The number of benzene rings is 1. The minimum Gasteiger partial charge on any atom is -0.493 e. The summed E-state index contributed by atoms with van der Waals surface area (Å²) < 4.78 is 11.2. The Morgan fingerprint density at radius 3 is 2.75 bits per heavy atom. The van der Waals surface area contributed by atoms with Gasteiger partial charge in [-0.15, -0.1) is 11.3 Å². The lowest BCUT2D eigenvalue weighted by atomic mass is 10.1. The molecule has 0 amide bonds. The Morgan fingerprint density at radius 2 is 2.10 bits per heavy atom. The van der Waals surface area contributed by atoms with Gasteiger partial charge in [0.2, 0.25) is 0 Å². The van der Waals surface area contributed by atoms with Crippen LogP contribution in [0.5, 0.6) is 11.5 Å². The van der Waals surface area contributed by atoms with Crippen molar-refractivity contribution in [3.05, 3.63) is 46.2 Å². The lowest BCUT2D eigenvalue weighted by Crippen LogP contribution is -2.17. The van der Waals surface area contributed by atoms with Crippen LogP contribution in [0.15, 0.2) is 35.7 Å². The van der Waals surface area contributed by atoms with Gasteiger partial charge in [-0.1, -0.05) is 12.1 Å². The number of methoxy groups -OCH3 is 1. The molecule has 3 nitrogen and oxygen atoms in total. The van der Waals surface area contributed by atoms with Crippen LogP contribution in [0.25, 0.3) is 0 Å². The van der Waals surface area contributed by atoms with Crippen LogP contribution < -0.4 is 15.2 Å². The SMILES string of the molecule is COc1ccc(CC(C)N)cc1OCCc1cccs1. The molecule has 2 aromatic rings. The number of thiophene rings is 1. The zero-order chi connectivity index (χ0) is 14.4. The summed E-state index contributed by atoms with van der Waals surface area (Å²) >= 11 is 1.75. The molecule has 0 saturated heterocycles. The first-order valence-corrected chi connectivity index (χ1v) is 7.64. The summed E-state index contributed by atoms with van der Waals surface area (Å²) in [6.45, 7) is 2.65. The van der Waals surface area contributed by atoms with Gasteiger partial charge in [0.1, 0.15) is 0 Å². The maximum absolute atomic E-state index is 5.86. The van der Waals surface area contributed by atoms with E-state index >= 15 is 0 Å². The molecule has 2 rings (SSSR count). The van der Waals surface area contributed by atoms with Crippen LogP contribution in [0.2, 0.25) is 0 Å². The first-order valence-electron chi connectivity index (χ1n) is 6.76. The van der Waals surface area contributed by atoms with Gasteiger partial charge in [-0.25, -0.2) is 0 Å². The molecule has 0 aliphatic carbocycles. The fourth-order valence-electron chi connectivity index (χ4n) is 2.05. The summed E-state index contributed by atoms with van der Waals surface area (Å²) in [5.74, 6) is 1.56. The van der Waals surface area contributed by atoms with E-state index in [1.54, 1.807) is 18.4 Å². The van der Waals surface area contributed by atoms with Gasteiger partial charge >= 0.3 is 0 Å². The highest BCUT2D eigenvalue weighted by molar-refractivity contribution is 7.09. The van der Waals surface area contributed by atoms with Crippen LogP contribution in [0.1, 0.15) is 17.4 Å². The molecule has 4 heteroatoms. The normalized spacial score (nSPS) is 12.2.